The van der Waals surface area contributed by atoms with E-state index in [1.165, 1.54) is 17.7 Å². The summed E-state index contributed by atoms with van der Waals surface area (Å²) in [7, 11) is 0. The quantitative estimate of drug-likeness (QED) is 0.463. The fraction of sp³-hybridized carbons (Fsp3) is 0.536. The van der Waals surface area contributed by atoms with Gasteiger partial charge in [-0.05, 0) is 48.2 Å². The number of phenolic OH excluding ortho intramolecular Hbond substituents is 1. The standard InChI is InChI=1S/C28H36ClN3O6/c29-21-1-4-25-20(15-21)18-38-28(25)5-7-31(8-6-28)17-23(35)19-37-26-16-22(34)2-3-24(26)27(36)32-11-9-30(10-12-32)13-14-33/h1-4,15-16,23,33-35H,5-14,17-19H2/t23-/m1/s1. The smallest absolute Gasteiger partial charge is 0.257 e. The number of carbonyl (C=O) groups excluding carboxylic acids is 1. The van der Waals surface area contributed by atoms with E-state index in [9.17, 15) is 15.0 Å². The normalized spacial score (nSPS) is 20.4. The summed E-state index contributed by atoms with van der Waals surface area (Å²) in [6, 6.07) is 10.4. The molecule has 38 heavy (non-hydrogen) atoms. The van der Waals surface area contributed by atoms with Crippen LogP contribution in [0.5, 0.6) is 11.5 Å². The van der Waals surface area contributed by atoms with Gasteiger partial charge in [-0.15, -0.1) is 0 Å². The molecule has 1 atom stereocenters. The van der Waals surface area contributed by atoms with Crippen LogP contribution in [0.1, 0.15) is 34.3 Å². The van der Waals surface area contributed by atoms with Crippen LogP contribution in [0.2, 0.25) is 5.02 Å². The molecule has 3 heterocycles. The highest BCUT2D eigenvalue weighted by atomic mass is 35.5. The first kappa shape index (κ1) is 27.2. The van der Waals surface area contributed by atoms with E-state index in [2.05, 4.69) is 15.9 Å². The highest BCUT2D eigenvalue weighted by Gasteiger charge is 2.42. The first-order valence-electron chi connectivity index (χ1n) is 13.3. The molecule has 0 aliphatic carbocycles. The van der Waals surface area contributed by atoms with Gasteiger partial charge < -0.3 is 34.6 Å². The van der Waals surface area contributed by atoms with E-state index in [1.807, 2.05) is 12.1 Å². The van der Waals surface area contributed by atoms with Crippen LogP contribution in [-0.2, 0) is 16.9 Å². The first-order chi connectivity index (χ1) is 18.4. The lowest BCUT2D eigenvalue weighted by atomic mass is 9.84. The van der Waals surface area contributed by atoms with Crippen molar-refractivity contribution in [2.24, 2.45) is 0 Å². The number of hydrogen-bond acceptors (Lipinski definition) is 8. The number of hydrogen-bond donors (Lipinski definition) is 3. The highest BCUT2D eigenvalue weighted by Crippen LogP contribution is 2.44. The molecule has 2 fully saturated rings. The van der Waals surface area contributed by atoms with E-state index in [4.69, 9.17) is 26.2 Å². The lowest BCUT2D eigenvalue weighted by molar-refractivity contribution is -0.0835. The zero-order valence-electron chi connectivity index (χ0n) is 21.5. The number of ether oxygens (including phenoxy) is 2. The lowest BCUT2D eigenvalue weighted by Crippen LogP contribution is -2.49. The number of carbonyl (C=O) groups is 1. The number of fused-ring (bicyclic) bond motifs is 2. The van der Waals surface area contributed by atoms with Gasteiger partial charge in [0.1, 0.15) is 24.2 Å². The third-order valence-corrected chi connectivity index (χ3v) is 8.13. The van der Waals surface area contributed by atoms with Crippen molar-refractivity contribution < 1.29 is 29.6 Å². The van der Waals surface area contributed by atoms with Crippen molar-refractivity contribution in [1.29, 1.82) is 0 Å². The molecule has 0 radical (unpaired) electrons. The molecule has 2 saturated heterocycles. The fourth-order valence-electron chi connectivity index (χ4n) is 5.76. The number of β-amino-alcohol motifs (C(OH)–C–C–N with tert-alkyl or cyclic N) is 2. The molecule has 1 spiro atoms. The number of likely N-dealkylation sites (tertiary alicyclic amines) is 1. The Morgan fingerprint density at radius 2 is 1.82 bits per heavy atom. The van der Waals surface area contributed by atoms with E-state index in [0.29, 0.717) is 51.4 Å². The second kappa shape index (κ2) is 11.8. The molecular formula is C28H36ClN3O6. The molecule has 3 N–H and O–H groups in total. The van der Waals surface area contributed by atoms with Crippen LogP contribution in [-0.4, -0.2) is 108 Å². The Bertz CT molecular complexity index is 1130. The predicted molar refractivity (Wildman–Crippen MR) is 143 cm³/mol. The molecule has 5 rings (SSSR count). The third kappa shape index (κ3) is 5.93. The number of aliphatic hydroxyl groups is 2. The van der Waals surface area contributed by atoms with E-state index in [1.54, 1.807) is 11.0 Å². The van der Waals surface area contributed by atoms with E-state index in [-0.39, 0.29) is 36.2 Å². The number of nitrogens with zero attached hydrogens (tertiary/aromatic N) is 3. The van der Waals surface area contributed by atoms with Crippen molar-refractivity contribution in [2.45, 2.75) is 31.2 Å². The topological polar surface area (TPSA) is 106 Å². The number of aromatic hydroxyl groups is 1. The Morgan fingerprint density at radius 3 is 2.55 bits per heavy atom. The summed E-state index contributed by atoms with van der Waals surface area (Å²) in [4.78, 5) is 19.3. The van der Waals surface area contributed by atoms with Gasteiger partial charge >= 0.3 is 0 Å². The zero-order chi connectivity index (χ0) is 26.7. The summed E-state index contributed by atoms with van der Waals surface area (Å²) in [5.74, 6) is 0.0925. The molecule has 206 valence electrons. The Balaban J connectivity index is 1.14. The molecule has 0 aromatic heterocycles. The lowest BCUT2D eigenvalue weighted by Gasteiger charge is -2.39. The molecule has 0 unspecified atom stereocenters. The van der Waals surface area contributed by atoms with Crippen LogP contribution < -0.4 is 4.74 Å². The van der Waals surface area contributed by atoms with Gasteiger partial charge in [0.25, 0.3) is 5.91 Å². The Labute approximate surface area is 228 Å². The minimum Gasteiger partial charge on any atom is -0.508 e. The number of benzene rings is 2. The molecule has 3 aliphatic heterocycles. The summed E-state index contributed by atoms with van der Waals surface area (Å²) in [6.45, 7) is 5.80. The van der Waals surface area contributed by atoms with Gasteiger partial charge in [0, 0.05) is 63.4 Å². The average Bonchev–Trinajstić information content (AvgIpc) is 3.26. The molecule has 10 heteroatoms. The first-order valence-corrected chi connectivity index (χ1v) is 13.7. The summed E-state index contributed by atoms with van der Waals surface area (Å²) >= 11 is 6.15. The summed E-state index contributed by atoms with van der Waals surface area (Å²) < 4.78 is 12.1. The van der Waals surface area contributed by atoms with Crippen LogP contribution in [0.3, 0.4) is 0 Å². The average molecular weight is 546 g/mol. The Kier molecular flexibility index (Phi) is 8.42. The van der Waals surface area contributed by atoms with E-state index < -0.39 is 6.10 Å². The summed E-state index contributed by atoms with van der Waals surface area (Å²) in [6.07, 6.45) is 0.921. The maximum atomic E-state index is 13.2. The second-order valence-electron chi connectivity index (χ2n) is 10.4. The molecule has 3 aliphatic rings. The molecule has 2 aromatic carbocycles. The van der Waals surface area contributed by atoms with Gasteiger partial charge in [0.2, 0.25) is 0 Å². The van der Waals surface area contributed by atoms with E-state index >= 15 is 0 Å². The number of piperazine rings is 1. The van der Waals surface area contributed by atoms with Crippen molar-refractivity contribution in [3.63, 3.8) is 0 Å². The van der Waals surface area contributed by atoms with Gasteiger partial charge in [-0.3, -0.25) is 9.69 Å². The molecule has 1 amide bonds. The van der Waals surface area contributed by atoms with Crippen molar-refractivity contribution in [2.75, 3.05) is 65.6 Å². The maximum Gasteiger partial charge on any atom is 0.257 e. The van der Waals surface area contributed by atoms with Crippen molar-refractivity contribution in [3.8, 4) is 11.5 Å². The number of amides is 1. The number of phenols is 1. The largest absolute Gasteiger partial charge is 0.508 e. The van der Waals surface area contributed by atoms with Gasteiger partial charge in [0.15, 0.2) is 0 Å². The maximum absolute atomic E-state index is 13.2. The number of halogens is 1. The summed E-state index contributed by atoms with van der Waals surface area (Å²) in [5, 5.41) is 30.6. The van der Waals surface area contributed by atoms with Crippen LogP contribution in [0.25, 0.3) is 0 Å². The van der Waals surface area contributed by atoms with Gasteiger partial charge in [-0.1, -0.05) is 17.7 Å². The minimum atomic E-state index is -0.757. The van der Waals surface area contributed by atoms with Crippen LogP contribution in [0, 0.1) is 0 Å². The number of aliphatic hydroxyl groups excluding tert-OH is 2. The number of piperidine rings is 1. The highest BCUT2D eigenvalue weighted by molar-refractivity contribution is 6.30. The zero-order valence-corrected chi connectivity index (χ0v) is 22.3. The van der Waals surface area contributed by atoms with Crippen molar-refractivity contribution >= 4 is 17.5 Å². The molecular weight excluding hydrogens is 510 g/mol. The Hall–Kier alpha value is -2.40. The van der Waals surface area contributed by atoms with Crippen molar-refractivity contribution in [1.82, 2.24) is 14.7 Å². The van der Waals surface area contributed by atoms with Crippen LogP contribution in [0.15, 0.2) is 36.4 Å². The molecule has 0 bridgehead atoms. The van der Waals surface area contributed by atoms with E-state index in [0.717, 1.165) is 36.5 Å². The molecule has 0 saturated carbocycles. The SMILES string of the molecule is O=C(c1ccc(O)cc1OC[C@H](O)CN1CCC2(CC1)OCc1cc(Cl)ccc12)N1CCN(CCO)CC1. The Morgan fingerprint density at radius 1 is 1.05 bits per heavy atom. The fourth-order valence-corrected chi connectivity index (χ4v) is 5.96. The second-order valence-corrected chi connectivity index (χ2v) is 10.8. The van der Waals surface area contributed by atoms with Gasteiger partial charge in [-0.2, -0.15) is 0 Å². The van der Waals surface area contributed by atoms with Crippen LogP contribution in [0.4, 0.5) is 0 Å². The predicted octanol–water partition coefficient (Wildman–Crippen LogP) is 2.06. The van der Waals surface area contributed by atoms with Gasteiger partial charge in [0.05, 0.1) is 24.4 Å². The third-order valence-electron chi connectivity index (χ3n) is 7.90. The monoisotopic (exact) mass is 545 g/mol. The minimum absolute atomic E-state index is 0.00161. The van der Waals surface area contributed by atoms with Crippen molar-refractivity contribution in [3.05, 3.63) is 58.1 Å². The number of rotatable bonds is 8. The van der Waals surface area contributed by atoms with Crippen LogP contribution >= 0.6 is 11.6 Å². The van der Waals surface area contributed by atoms with Gasteiger partial charge in [-0.25, -0.2) is 0 Å². The molecule has 2 aromatic rings. The summed E-state index contributed by atoms with van der Waals surface area (Å²) in [5.41, 5.74) is 2.46. The molecule has 9 nitrogen and oxygen atoms in total.